The standard InChI is InChI=1S/C18H17N3O4/c1-12-11-13(4-9-16(12)21(24)25)18(23)19-14-5-7-15(8-6-14)20-10-2-3-17(20)22/h4-9,11H,2-3,10H2,1H3,(H,19,23). The number of anilines is 2. The van der Waals surface area contributed by atoms with Crippen LogP contribution in [0.25, 0.3) is 0 Å². The van der Waals surface area contributed by atoms with Crippen molar-refractivity contribution in [1.29, 1.82) is 0 Å². The van der Waals surface area contributed by atoms with Gasteiger partial charge in [-0.2, -0.15) is 0 Å². The Bertz CT molecular complexity index is 846. The first kappa shape index (κ1) is 16.6. The lowest BCUT2D eigenvalue weighted by atomic mass is 10.1. The molecule has 128 valence electrons. The van der Waals surface area contributed by atoms with E-state index in [0.29, 0.717) is 29.8 Å². The van der Waals surface area contributed by atoms with Gasteiger partial charge in [0.05, 0.1) is 4.92 Å². The summed E-state index contributed by atoms with van der Waals surface area (Å²) in [6.07, 6.45) is 1.43. The number of amides is 2. The van der Waals surface area contributed by atoms with Crippen molar-refractivity contribution in [2.75, 3.05) is 16.8 Å². The van der Waals surface area contributed by atoms with E-state index in [1.165, 1.54) is 18.2 Å². The van der Waals surface area contributed by atoms with Crippen LogP contribution in [0.5, 0.6) is 0 Å². The summed E-state index contributed by atoms with van der Waals surface area (Å²) in [6, 6.07) is 11.3. The van der Waals surface area contributed by atoms with E-state index >= 15 is 0 Å². The van der Waals surface area contributed by atoms with Gasteiger partial charge in [-0.3, -0.25) is 19.7 Å². The Hall–Kier alpha value is -3.22. The number of carbonyl (C=O) groups is 2. The molecule has 1 aliphatic rings. The normalized spacial score (nSPS) is 13.8. The molecule has 1 fully saturated rings. The average Bonchev–Trinajstić information content (AvgIpc) is 3.01. The SMILES string of the molecule is Cc1cc(C(=O)Nc2ccc(N3CCCC3=O)cc2)ccc1[N+](=O)[O-]. The van der Waals surface area contributed by atoms with Gasteiger partial charge in [0.25, 0.3) is 11.6 Å². The molecular weight excluding hydrogens is 322 g/mol. The summed E-state index contributed by atoms with van der Waals surface area (Å²) in [7, 11) is 0. The summed E-state index contributed by atoms with van der Waals surface area (Å²) in [6.45, 7) is 2.31. The Morgan fingerprint density at radius 1 is 1.20 bits per heavy atom. The van der Waals surface area contributed by atoms with Crippen molar-refractivity contribution < 1.29 is 14.5 Å². The zero-order valence-corrected chi connectivity index (χ0v) is 13.7. The topological polar surface area (TPSA) is 92.6 Å². The second kappa shape index (κ2) is 6.72. The lowest BCUT2D eigenvalue weighted by Gasteiger charge is -2.16. The molecule has 1 heterocycles. The van der Waals surface area contributed by atoms with Crippen LogP contribution < -0.4 is 10.2 Å². The number of benzene rings is 2. The molecule has 0 aromatic heterocycles. The highest BCUT2D eigenvalue weighted by Gasteiger charge is 2.21. The highest BCUT2D eigenvalue weighted by molar-refractivity contribution is 6.04. The van der Waals surface area contributed by atoms with E-state index in [1.54, 1.807) is 36.1 Å². The largest absolute Gasteiger partial charge is 0.322 e. The highest BCUT2D eigenvalue weighted by Crippen LogP contribution is 2.24. The third kappa shape index (κ3) is 3.50. The van der Waals surface area contributed by atoms with Crippen LogP contribution in [0.3, 0.4) is 0 Å². The lowest BCUT2D eigenvalue weighted by Crippen LogP contribution is -2.23. The van der Waals surface area contributed by atoms with Crippen molar-refractivity contribution in [3.8, 4) is 0 Å². The zero-order valence-electron chi connectivity index (χ0n) is 13.7. The molecule has 0 radical (unpaired) electrons. The van der Waals surface area contributed by atoms with Crippen LogP contribution in [-0.4, -0.2) is 23.3 Å². The number of carbonyl (C=O) groups excluding carboxylic acids is 2. The number of nitrogens with zero attached hydrogens (tertiary/aromatic N) is 2. The van der Waals surface area contributed by atoms with Crippen LogP contribution in [0.1, 0.15) is 28.8 Å². The maximum absolute atomic E-state index is 12.3. The Morgan fingerprint density at radius 2 is 1.92 bits per heavy atom. The molecule has 2 amide bonds. The Morgan fingerprint density at radius 3 is 2.48 bits per heavy atom. The third-order valence-electron chi connectivity index (χ3n) is 4.17. The van der Waals surface area contributed by atoms with Crippen LogP contribution >= 0.6 is 0 Å². The minimum Gasteiger partial charge on any atom is -0.322 e. The van der Waals surface area contributed by atoms with Gasteiger partial charge in [-0.05, 0) is 49.7 Å². The van der Waals surface area contributed by atoms with E-state index in [-0.39, 0.29) is 17.5 Å². The first-order chi connectivity index (χ1) is 12.0. The fraction of sp³-hybridized carbons (Fsp3) is 0.222. The Kier molecular flexibility index (Phi) is 4.47. The quantitative estimate of drug-likeness (QED) is 0.683. The molecule has 1 N–H and O–H groups in total. The van der Waals surface area contributed by atoms with Crippen molar-refractivity contribution in [1.82, 2.24) is 0 Å². The second-order valence-corrected chi connectivity index (χ2v) is 5.91. The molecule has 7 nitrogen and oxygen atoms in total. The third-order valence-corrected chi connectivity index (χ3v) is 4.17. The summed E-state index contributed by atoms with van der Waals surface area (Å²) in [4.78, 5) is 36.1. The fourth-order valence-corrected chi connectivity index (χ4v) is 2.85. The molecule has 25 heavy (non-hydrogen) atoms. The fourth-order valence-electron chi connectivity index (χ4n) is 2.85. The first-order valence-corrected chi connectivity index (χ1v) is 7.92. The van der Waals surface area contributed by atoms with Gasteiger partial charge in [0.15, 0.2) is 0 Å². The van der Waals surface area contributed by atoms with Gasteiger partial charge in [0.1, 0.15) is 0 Å². The second-order valence-electron chi connectivity index (χ2n) is 5.91. The minimum atomic E-state index is -0.477. The molecule has 0 saturated carbocycles. The maximum Gasteiger partial charge on any atom is 0.272 e. The summed E-state index contributed by atoms with van der Waals surface area (Å²) in [5.41, 5.74) is 2.17. The smallest absolute Gasteiger partial charge is 0.272 e. The molecule has 3 rings (SSSR count). The first-order valence-electron chi connectivity index (χ1n) is 7.92. The number of hydrogen-bond acceptors (Lipinski definition) is 4. The molecule has 0 spiro atoms. The van der Waals surface area contributed by atoms with Gasteiger partial charge in [0.2, 0.25) is 5.91 Å². The van der Waals surface area contributed by atoms with Crippen LogP contribution in [0.4, 0.5) is 17.1 Å². The highest BCUT2D eigenvalue weighted by atomic mass is 16.6. The summed E-state index contributed by atoms with van der Waals surface area (Å²) in [5.74, 6) is -0.235. The average molecular weight is 339 g/mol. The summed E-state index contributed by atoms with van der Waals surface area (Å²) >= 11 is 0. The predicted molar refractivity (Wildman–Crippen MR) is 93.8 cm³/mol. The van der Waals surface area contributed by atoms with E-state index in [2.05, 4.69) is 5.32 Å². The molecular formula is C18H17N3O4. The molecule has 1 saturated heterocycles. The van der Waals surface area contributed by atoms with Crippen LogP contribution in [0, 0.1) is 17.0 Å². The number of nitrogens with one attached hydrogen (secondary N) is 1. The molecule has 7 heteroatoms. The maximum atomic E-state index is 12.3. The van der Waals surface area contributed by atoms with Crippen molar-refractivity contribution in [3.05, 3.63) is 63.7 Å². The van der Waals surface area contributed by atoms with E-state index < -0.39 is 4.92 Å². The molecule has 1 aliphatic heterocycles. The minimum absolute atomic E-state index is 0.0174. The van der Waals surface area contributed by atoms with E-state index in [0.717, 1.165) is 12.1 Å². The number of hydrogen-bond donors (Lipinski definition) is 1. The van der Waals surface area contributed by atoms with E-state index in [4.69, 9.17) is 0 Å². The molecule has 2 aromatic rings. The van der Waals surface area contributed by atoms with Gasteiger partial charge in [-0.15, -0.1) is 0 Å². The number of aryl methyl sites for hydroxylation is 1. The van der Waals surface area contributed by atoms with Crippen molar-refractivity contribution in [2.45, 2.75) is 19.8 Å². The van der Waals surface area contributed by atoms with Gasteiger partial charge < -0.3 is 10.2 Å². The van der Waals surface area contributed by atoms with Crippen LogP contribution in [0.2, 0.25) is 0 Å². The number of nitro groups is 1. The van der Waals surface area contributed by atoms with Gasteiger partial charge >= 0.3 is 0 Å². The van der Waals surface area contributed by atoms with Crippen LogP contribution in [-0.2, 0) is 4.79 Å². The Balaban J connectivity index is 1.71. The Labute approximate surface area is 144 Å². The molecule has 2 aromatic carbocycles. The number of rotatable bonds is 4. The molecule has 0 unspecified atom stereocenters. The van der Waals surface area contributed by atoms with E-state index in [9.17, 15) is 19.7 Å². The molecule has 0 aliphatic carbocycles. The van der Waals surface area contributed by atoms with Crippen molar-refractivity contribution in [3.63, 3.8) is 0 Å². The summed E-state index contributed by atoms with van der Waals surface area (Å²) < 4.78 is 0. The zero-order chi connectivity index (χ0) is 18.0. The van der Waals surface area contributed by atoms with Gasteiger partial charge in [-0.1, -0.05) is 0 Å². The van der Waals surface area contributed by atoms with Crippen molar-refractivity contribution in [2.24, 2.45) is 0 Å². The van der Waals surface area contributed by atoms with Gasteiger partial charge in [0, 0.05) is 41.5 Å². The molecule has 0 atom stereocenters. The van der Waals surface area contributed by atoms with Crippen molar-refractivity contribution >= 4 is 28.9 Å². The van der Waals surface area contributed by atoms with Gasteiger partial charge in [-0.25, -0.2) is 0 Å². The summed E-state index contributed by atoms with van der Waals surface area (Å²) in [5, 5.41) is 13.6. The van der Waals surface area contributed by atoms with Crippen LogP contribution in [0.15, 0.2) is 42.5 Å². The number of nitro benzene ring substituents is 1. The lowest BCUT2D eigenvalue weighted by molar-refractivity contribution is -0.385. The van der Waals surface area contributed by atoms with E-state index in [1.807, 2.05) is 0 Å². The monoisotopic (exact) mass is 339 g/mol. The molecule has 0 bridgehead atoms. The predicted octanol–water partition coefficient (Wildman–Crippen LogP) is 3.28.